The third-order valence-electron chi connectivity index (χ3n) is 2.65. The molecule has 1 heterocycles. The molecule has 0 unspecified atom stereocenters. The number of aromatic nitrogens is 2. The maximum Gasteiger partial charge on any atom is 0.235 e. The van der Waals surface area contributed by atoms with Gasteiger partial charge in [-0.15, -0.1) is 0 Å². The molecule has 2 aromatic rings. The van der Waals surface area contributed by atoms with E-state index < -0.39 is 0 Å². The van der Waals surface area contributed by atoms with Gasteiger partial charge in [0.05, 0.1) is 7.11 Å². The Morgan fingerprint density at radius 1 is 1.00 bits per heavy atom. The number of rotatable bonds is 5. The molecule has 17 heavy (non-hydrogen) atoms. The number of methoxy groups -OCH3 is 1. The van der Waals surface area contributed by atoms with Gasteiger partial charge in [0, 0.05) is 12.4 Å². The standard InChI is InChI=1S/C14H16N2O/c1-17-14-13(15-10-11-16-14)9-5-8-12-6-3-2-4-7-12/h2-4,6-7,10-11H,5,8-9H2,1H3. The molecule has 0 atom stereocenters. The highest BCUT2D eigenvalue weighted by molar-refractivity contribution is 5.18. The highest BCUT2D eigenvalue weighted by Gasteiger charge is 2.04. The number of aryl methyl sites for hydroxylation is 2. The van der Waals surface area contributed by atoms with E-state index >= 15 is 0 Å². The molecule has 0 radical (unpaired) electrons. The van der Waals surface area contributed by atoms with Crippen LogP contribution in [0.3, 0.4) is 0 Å². The maximum atomic E-state index is 5.17. The van der Waals surface area contributed by atoms with Gasteiger partial charge in [-0.05, 0) is 24.8 Å². The average Bonchev–Trinajstić information content (AvgIpc) is 2.40. The van der Waals surface area contributed by atoms with Crippen LogP contribution in [0.4, 0.5) is 0 Å². The molecule has 2 rings (SSSR count). The van der Waals surface area contributed by atoms with Crippen molar-refractivity contribution in [2.75, 3.05) is 7.11 Å². The van der Waals surface area contributed by atoms with Crippen molar-refractivity contribution >= 4 is 0 Å². The Labute approximate surface area is 102 Å². The van der Waals surface area contributed by atoms with Crippen LogP contribution >= 0.6 is 0 Å². The van der Waals surface area contributed by atoms with E-state index in [-0.39, 0.29) is 0 Å². The van der Waals surface area contributed by atoms with E-state index in [1.54, 1.807) is 19.5 Å². The van der Waals surface area contributed by atoms with Crippen LogP contribution in [0.15, 0.2) is 42.7 Å². The van der Waals surface area contributed by atoms with Crippen LogP contribution in [0.25, 0.3) is 0 Å². The molecule has 88 valence electrons. The van der Waals surface area contributed by atoms with Crippen molar-refractivity contribution in [2.45, 2.75) is 19.3 Å². The minimum Gasteiger partial charge on any atom is -0.480 e. The first-order chi connectivity index (χ1) is 8.40. The van der Waals surface area contributed by atoms with Crippen LogP contribution in [0.2, 0.25) is 0 Å². The summed E-state index contributed by atoms with van der Waals surface area (Å²) in [6.45, 7) is 0. The second-order valence-corrected chi connectivity index (χ2v) is 3.85. The Morgan fingerprint density at radius 3 is 2.53 bits per heavy atom. The van der Waals surface area contributed by atoms with E-state index in [1.165, 1.54) is 5.56 Å². The monoisotopic (exact) mass is 228 g/mol. The maximum absolute atomic E-state index is 5.17. The van der Waals surface area contributed by atoms with Gasteiger partial charge in [-0.25, -0.2) is 4.98 Å². The zero-order valence-electron chi connectivity index (χ0n) is 9.97. The molecule has 0 saturated heterocycles. The lowest BCUT2D eigenvalue weighted by atomic mass is 10.1. The van der Waals surface area contributed by atoms with Crippen LogP contribution in [-0.4, -0.2) is 17.1 Å². The van der Waals surface area contributed by atoms with E-state index in [9.17, 15) is 0 Å². The lowest BCUT2D eigenvalue weighted by Gasteiger charge is -2.05. The summed E-state index contributed by atoms with van der Waals surface area (Å²) >= 11 is 0. The van der Waals surface area contributed by atoms with Crippen molar-refractivity contribution in [3.05, 3.63) is 54.0 Å². The fourth-order valence-corrected chi connectivity index (χ4v) is 1.80. The van der Waals surface area contributed by atoms with Crippen LogP contribution in [0.5, 0.6) is 5.88 Å². The fourth-order valence-electron chi connectivity index (χ4n) is 1.80. The van der Waals surface area contributed by atoms with Crippen LogP contribution < -0.4 is 4.74 Å². The highest BCUT2D eigenvalue weighted by atomic mass is 16.5. The molecule has 0 spiro atoms. The van der Waals surface area contributed by atoms with Gasteiger partial charge >= 0.3 is 0 Å². The minimum atomic E-state index is 0.639. The molecule has 0 aliphatic rings. The lowest BCUT2D eigenvalue weighted by molar-refractivity contribution is 0.388. The summed E-state index contributed by atoms with van der Waals surface area (Å²) in [6, 6.07) is 10.5. The normalized spacial score (nSPS) is 10.2. The summed E-state index contributed by atoms with van der Waals surface area (Å²) in [4.78, 5) is 8.43. The molecule has 3 heteroatoms. The molecule has 3 nitrogen and oxygen atoms in total. The topological polar surface area (TPSA) is 35.0 Å². The second-order valence-electron chi connectivity index (χ2n) is 3.85. The van der Waals surface area contributed by atoms with Gasteiger partial charge in [0.2, 0.25) is 5.88 Å². The molecular formula is C14H16N2O. The molecule has 0 aliphatic carbocycles. The van der Waals surface area contributed by atoms with Gasteiger partial charge in [-0.3, -0.25) is 4.98 Å². The van der Waals surface area contributed by atoms with Gasteiger partial charge in [-0.2, -0.15) is 0 Å². The molecule has 0 amide bonds. The average molecular weight is 228 g/mol. The minimum absolute atomic E-state index is 0.639. The van der Waals surface area contributed by atoms with E-state index in [1.807, 2.05) is 6.07 Å². The van der Waals surface area contributed by atoms with E-state index in [0.717, 1.165) is 25.0 Å². The van der Waals surface area contributed by atoms with Crippen LogP contribution in [0.1, 0.15) is 17.7 Å². The van der Waals surface area contributed by atoms with Gasteiger partial charge < -0.3 is 4.74 Å². The SMILES string of the molecule is COc1nccnc1CCCc1ccccc1. The molecule has 0 aliphatic heterocycles. The predicted molar refractivity (Wildman–Crippen MR) is 67.1 cm³/mol. The Hall–Kier alpha value is -1.90. The summed E-state index contributed by atoms with van der Waals surface area (Å²) in [7, 11) is 1.63. The quantitative estimate of drug-likeness (QED) is 0.789. The van der Waals surface area contributed by atoms with Crippen molar-refractivity contribution in [1.29, 1.82) is 0 Å². The first-order valence-electron chi connectivity index (χ1n) is 5.78. The summed E-state index contributed by atoms with van der Waals surface area (Å²) in [5.74, 6) is 0.639. The van der Waals surface area contributed by atoms with Gasteiger partial charge in [0.15, 0.2) is 0 Å². The first kappa shape index (κ1) is 11.6. The van der Waals surface area contributed by atoms with Crippen LogP contribution in [-0.2, 0) is 12.8 Å². The number of benzene rings is 1. The number of hydrogen-bond donors (Lipinski definition) is 0. The summed E-state index contributed by atoms with van der Waals surface area (Å²) in [5, 5.41) is 0. The van der Waals surface area contributed by atoms with Gasteiger partial charge in [0.1, 0.15) is 5.69 Å². The fraction of sp³-hybridized carbons (Fsp3) is 0.286. The Balaban J connectivity index is 1.90. The molecular weight excluding hydrogens is 212 g/mol. The van der Waals surface area contributed by atoms with E-state index in [0.29, 0.717) is 5.88 Å². The first-order valence-corrected chi connectivity index (χ1v) is 5.78. The van der Waals surface area contributed by atoms with Crippen molar-refractivity contribution in [3.8, 4) is 5.88 Å². The van der Waals surface area contributed by atoms with Gasteiger partial charge in [-0.1, -0.05) is 30.3 Å². The predicted octanol–water partition coefficient (Wildman–Crippen LogP) is 2.66. The van der Waals surface area contributed by atoms with E-state index in [2.05, 4.69) is 34.2 Å². The van der Waals surface area contributed by atoms with Gasteiger partial charge in [0.25, 0.3) is 0 Å². The van der Waals surface area contributed by atoms with Crippen molar-refractivity contribution in [2.24, 2.45) is 0 Å². The molecule has 0 bridgehead atoms. The largest absolute Gasteiger partial charge is 0.480 e. The van der Waals surface area contributed by atoms with Crippen molar-refractivity contribution < 1.29 is 4.74 Å². The summed E-state index contributed by atoms with van der Waals surface area (Å²) in [6.07, 6.45) is 6.37. The van der Waals surface area contributed by atoms with Crippen LogP contribution in [0, 0.1) is 0 Å². The highest BCUT2D eigenvalue weighted by Crippen LogP contribution is 2.14. The zero-order chi connectivity index (χ0) is 11.9. The smallest absolute Gasteiger partial charge is 0.235 e. The number of nitrogens with zero attached hydrogens (tertiary/aromatic N) is 2. The third-order valence-corrected chi connectivity index (χ3v) is 2.65. The number of hydrogen-bond acceptors (Lipinski definition) is 3. The second kappa shape index (κ2) is 5.99. The Kier molecular flexibility index (Phi) is 4.08. The molecule has 0 N–H and O–H groups in total. The third kappa shape index (κ3) is 3.28. The number of ether oxygens (including phenoxy) is 1. The summed E-state index contributed by atoms with van der Waals surface area (Å²) < 4.78 is 5.17. The lowest BCUT2D eigenvalue weighted by Crippen LogP contribution is -1.99. The molecule has 1 aromatic heterocycles. The van der Waals surface area contributed by atoms with Crippen molar-refractivity contribution in [3.63, 3.8) is 0 Å². The molecule has 0 fully saturated rings. The van der Waals surface area contributed by atoms with E-state index in [4.69, 9.17) is 4.74 Å². The van der Waals surface area contributed by atoms with Crippen molar-refractivity contribution in [1.82, 2.24) is 9.97 Å². The molecule has 0 saturated carbocycles. The molecule has 1 aromatic carbocycles. The zero-order valence-corrected chi connectivity index (χ0v) is 9.97. The Morgan fingerprint density at radius 2 is 1.76 bits per heavy atom. The Bertz CT molecular complexity index is 457. The summed E-state index contributed by atoms with van der Waals surface area (Å²) in [5.41, 5.74) is 2.29.